The maximum Gasteiger partial charge on any atom is 1.00 e. The van der Waals surface area contributed by atoms with Crippen molar-refractivity contribution in [3.05, 3.63) is 60.8 Å². The van der Waals surface area contributed by atoms with E-state index in [0.717, 1.165) is 4.90 Å². The number of ketones is 1. The molecular weight excluding hydrogens is 453 g/mol. The van der Waals surface area contributed by atoms with E-state index in [9.17, 15) is 24.3 Å². The number of ether oxygens (including phenoxy) is 2. The molecule has 1 aliphatic heterocycles. The molecule has 1 N–H and O–H groups in total. The second-order valence-corrected chi connectivity index (χ2v) is 7.04. The molecule has 0 radical (unpaired) electrons. The number of carbonyl (C=O) groups excluding carboxylic acids is 4. The van der Waals surface area contributed by atoms with Crippen LogP contribution in [0, 0.1) is 0 Å². The summed E-state index contributed by atoms with van der Waals surface area (Å²) in [5, 5.41) is 13.1. The van der Waals surface area contributed by atoms with Crippen LogP contribution in [0.25, 0.3) is 0 Å². The van der Waals surface area contributed by atoms with E-state index in [2.05, 4.69) is 5.32 Å². The molecule has 2 aromatic rings. The molecule has 11 heteroatoms. The van der Waals surface area contributed by atoms with Gasteiger partial charge >= 0.3 is 35.6 Å². The van der Waals surface area contributed by atoms with Gasteiger partial charge in [0.25, 0.3) is 5.91 Å². The number of amides is 3. The van der Waals surface area contributed by atoms with Crippen LogP contribution < -0.4 is 54.4 Å². The molecule has 0 unspecified atom stereocenters. The third-order valence-corrected chi connectivity index (χ3v) is 4.81. The van der Waals surface area contributed by atoms with Gasteiger partial charge in [0.1, 0.15) is 5.75 Å². The predicted octanol–water partition coefficient (Wildman–Crippen LogP) is -1.93. The standard InChI is InChI=1S/C23H23N3O7.Na/c1-25-14-12-17(27)21(22(25)30)26(23(31)24-13-11-20(28)29)15-7-9-16(10-8-15)33-19-6-4-3-5-18(19)32-2;/h3-10,12,14,21H,11,13H2,1-2H3,(H,24,31)(H,28,29);/q;+1/p-1/t21-;/m0./s1. The monoisotopic (exact) mass is 475 g/mol. The molecule has 0 aromatic heterocycles. The van der Waals surface area contributed by atoms with Gasteiger partial charge in [0.15, 0.2) is 23.3 Å². The van der Waals surface area contributed by atoms with E-state index in [1.807, 2.05) is 0 Å². The van der Waals surface area contributed by atoms with Gasteiger partial charge in [-0.2, -0.15) is 0 Å². The van der Waals surface area contributed by atoms with Gasteiger partial charge in [-0.25, -0.2) is 4.79 Å². The van der Waals surface area contributed by atoms with E-state index >= 15 is 0 Å². The zero-order valence-corrected chi connectivity index (χ0v) is 21.0. The molecule has 0 spiro atoms. The number of benzene rings is 2. The normalized spacial score (nSPS) is 14.8. The van der Waals surface area contributed by atoms with Gasteiger partial charge in [-0.1, -0.05) is 12.1 Å². The summed E-state index contributed by atoms with van der Waals surface area (Å²) in [6.07, 6.45) is 2.10. The molecule has 3 rings (SSSR count). The first-order valence-electron chi connectivity index (χ1n) is 9.98. The molecule has 0 fully saturated rings. The van der Waals surface area contributed by atoms with Crippen molar-refractivity contribution in [3.63, 3.8) is 0 Å². The van der Waals surface area contributed by atoms with Gasteiger partial charge in [-0.15, -0.1) is 0 Å². The Bertz CT molecular complexity index is 1090. The number of anilines is 1. The quantitative estimate of drug-likeness (QED) is 0.348. The third kappa shape index (κ3) is 6.37. The number of carbonyl (C=O) groups is 4. The number of hydrogen-bond acceptors (Lipinski definition) is 7. The number of carboxylic acids is 1. The number of urea groups is 1. The van der Waals surface area contributed by atoms with Crippen molar-refractivity contribution in [2.75, 3.05) is 25.6 Å². The Labute approximate surface area is 218 Å². The fraction of sp³-hybridized carbons (Fsp3) is 0.217. The van der Waals surface area contributed by atoms with Crippen LogP contribution in [0.3, 0.4) is 0 Å². The van der Waals surface area contributed by atoms with Gasteiger partial charge in [-0.3, -0.25) is 14.5 Å². The van der Waals surface area contributed by atoms with E-state index in [1.165, 1.54) is 43.5 Å². The number of aliphatic carboxylic acids is 1. The Balaban J connectivity index is 0.00000408. The van der Waals surface area contributed by atoms with Crippen molar-refractivity contribution >= 4 is 29.4 Å². The molecule has 0 aliphatic carbocycles. The van der Waals surface area contributed by atoms with Gasteiger partial charge in [0.05, 0.1) is 7.11 Å². The minimum absolute atomic E-state index is 0. The second kappa shape index (κ2) is 12.2. The molecule has 10 nitrogen and oxygen atoms in total. The summed E-state index contributed by atoms with van der Waals surface area (Å²) in [5.41, 5.74) is 0.240. The van der Waals surface area contributed by atoms with E-state index < -0.39 is 36.2 Å². The number of hydrogen-bond donors (Lipinski definition) is 1. The molecule has 34 heavy (non-hydrogen) atoms. The second-order valence-electron chi connectivity index (χ2n) is 7.04. The fourth-order valence-electron chi connectivity index (χ4n) is 3.15. The van der Waals surface area contributed by atoms with E-state index in [-0.39, 0.29) is 41.8 Å². The summed E-state index contributed by atoms with van der Waals surface area (Å²) >= 11 is 0. The van der Waals surface area contributed by atoms with Gasteiger partial charge in [0, 0.05) is 43.9 Å². The van der Waals surface area contributed by atoms with E-state index in [1.54, 1.807) is 36.4 Å². The average Bonchev–Trinajstić information content (AvgIpc) is 2.80. The summed E-state index contributed by atoms with van der Waals surface area (Å²) in [6, 6.07) is 11.0. The number of para-hydroxylation sites is 2. The van der Waals surface area contributed by atoms with Crippen LogP contribution in [-0.2, 0) is 14.4 Å². The number of nitrogens with zero attached hydrogens (tertiary/aromatic N) is 2. The topological polar surface area (TPSA) is 128 Å². The van der Waals surface area contributed by atoms with Crippen LogP contribution in [0.1, 0.15) is 6.42 Å². The molecule has 172 valence electrons. The largest absolute Gasteiger partial charge is 1.00 e. The molecule has 0 saturated carbocycles. The van der Waals surface area contributed by atoms with Crippen molar-refractivity contribution < 1.29 is 63.3 Å². The van der Waals surface area contributed by atoms with Crippen LogP contribution >= 0.6 is 0 Å². The number of nitrogens with one attached hydrogen (secondary N) is 1. The molecule has 2 aromatic carbocycles. The minimum Gasteiger partial charge on any atom is -0.550 e. The van der Waals surface area contributed by atoms with Gasteiger partial charge in [0.2, 0.25) is 0 Å². The number of carboxylic acid groups (broad SMARTS) is 1. The minimum atomic E-state index is -1.44. The maximum atomic E-state index is 12.9. The summed E-state index contributed by atoms with van der Waals surface area (Å²) < 4.78 is 11.1. The first-order chi connectivity index (χ1) is 15.8. The van der Waals surface area contributed by atoms with Crippen LogP contribution in [0.5, 0.6) is 17.2 Å². The Hall–Kier alpha value is -3.34. The Morgan fingerprint density at radius 3 is 2.35 bits per heavy atom. The summed E-state index contributed by atoms with van der Waals surface area (Å²) in [5.74, 6) is -1.09. The number of likely N-dealkylation sites (N-methyl/N-ethyl adjacent to an activating group) is 1. The van der Waals surface area contributed by atoms with Crippen molar-refractivity contribution in [2.24, 2.45) is 0 Å². The van der Waals surface area contributed by atoms with Crippen molar-refractivity contribution in [2.45, 2.75) is 12.5 Å². The summed E-state index contributed by atoms with van der Waals surface area (Å²) in [6.45, 7) is -0.229. The molecule has 0 bridgehead atoms. The van der Waals surface area contributed by atoms with Crippen molar-refractivity contribution in [3.8, 4) is 17.2 Å². The van der Waals surface area contributed by atoms with Crippen molar-refractivity contribution in [1.82, 2.24) is 10.2 Å². The number of methoxy groups -OCH3 is 1. The Morgan fingerprint density at radius 2 is 1.74 bits per heavy atom. The molecule has 0 saturated heterocycles. The summed E-state index contributed by atoms with van der Waals surface area (Å²) in [7, 11) is 2.99. The van der Waals surface area contributed by atoms with Gasteiger partial charge < -0.3 is 29.6 Å². The predicted molar refractivity (Wildman–Crippen MR) is 116 cm³/mol. The SMILES string of the molecule is COc1ccccc1Oc1ccc(N(C(=O)NCCC(=O)[O-])[C@H]2C(=O)C=CN(C)C2=O)cc1.[Na+]. The zero-order chi connectivity index (χ0) is 24.0. The van der Waals surface area contributed by atoms with E-state index in [0.29, 0.717) is 17.2 Å². The molecule has 1 heterocycles. The van der Waals surface area contributed by atoms with Crippen LogP contribution in [0.15, 0.2) is 60.8 Å². The Morgan fingerprint density at radius 1 is 1.09 bits per heavy atom. The zero-order valence-electron chi connectivity index (χ0n) is 19.0. The first-order valence-corrected chi connectivity index (χ1v) is 9.98. The molecule has 3 amide bonds. The van der Waals surface area contributed by atoms with Gasteiger partial charge in [-0.05, 0) is 36.4 Å². The average molecular weight is 475 g/mol. The molecule has 1 aliphatic rings. The maximum absolute atomic E-state index is 12.9. The number of rotatable bonds is 8. The van der Waals surface area contributed by atoms with Crippen LogP contribution in [0.4, 0.5) is 10.5 Å². The Kier molecular flexibility index (Phi) is 9.67. The molecule has 1 atom stereocenters. The molecular formula is C23H22N3NaO7. The van der Waals surface area contributed by atoms with E-state index in [4.69, 9.17) is 9.47 Å². The van der Waals surface area contributed by atoms with Crippen LogP contribution in [0.2, 0.25) is 0 Å². The van der Waals surface area contributed by atoms with Crippen LogP contribution in [-0.4, -0.2) is 55.3 Å². The smallest absolute Gasteiger partial charge is 0.550 e. The van der Waals surface area contributed by atoms with Crippen molar-refractivity contribution in [1.29, 1.82) is 0 Å². The third-order valence-electron chi connectivity index (χ3n) is 4.81. The fourth-order valence-corrected chi connectivity index (χ4v) is 3.15. The summed E-state index contributed by atoms with van der Waals surface area (Å²) in [4.78, 5) is 51.0. The first kappa shape index (κ1) is 26.9.